The molecule has 1 aliphatic rings. The van der Waals surface area contributed by atoms with Crippen LogP contribution >= 0.6 is 0 Å². The second kappa shape index (κ2) is 8.81. The zero-order valence-corrected chi connectivity index (χ0v) is 16.3. The van der Waals surface area contributed by atoms with Crippen molar-refractivity contribution in [2.75, 3.05) is 32.7 Å². The Labute approximate surface area is 164 Å². The van der Waals surface area contributed by atoms with Crippen molar-refractivity contribution in [3.63, 3.8) is 0 Å². The van der Waals surface area contributed by atoms with E-state index in [0.29, 0.717) is 25.5 Å². The minimum absolute atomic E-state index is 0.234. The van der Waals surface area contributed by atoms with Gasteiger partial charge >= 0.3 is 0 Å². The predicted octanol–water partition coefficient (Wildman–Crippen LogP) is 1.63. The Morgan fingerprint density at radius 3 is 2.50 bits per heavy atom. The molecule has 1 aromatic heterocycles. The largest absolute Gasteiger partial charge is 0.447 e. The quantitative estimate of drug-likeness (QED) is 0.748. The summed E-state index contributed by atoms with van der Waals surface area (Å²) in [5.41, 5.74) is 0.348. The van der Waals surface area contributed by atoms with Crippen molar-refractivity contribution >= 4 is 5.91 Å². The molecule has 1 aromatic carbocycles. The number of piperazine rings is 1. The number of oxazole rings is 1. The first kappa shape index (κ1) is 20.4. The van der Waals surface area contributed by atoms with Crippen molar-refractivity contribution in [2.45, 2.75) is 32.5 Å². The van der Waals surface area contributed by atoms with Crippen LogP contribution in [-0.2, 0) is 13.1 Å². The van der Waals surface area contributed by atoms with Crippen molar-refractivity contribution in [2.24, 2.45) is 0 Å². The first-order valence-electron chi connectivity index (χ1n) is 9.43. The number of rotatable bonds is 7. The molecule has 152 valence electrons. The van der Waals surface area contributed by atoms with Crippen LogP contribution in [0.2, 0.25) is 0 Å². The van der Waals surface area contributed by atoms with Crippen LogP contribution in [-0.4, -0.2) is 64.1 Å². The highest BCUT2D eigenvalue weighted by molar-refractivity contribution is 5.91. The molecule has 0 aliphatic carbocycles. The molecule has 3 rings (SSSR count). The fourth-order valence-electron chi connectivity index (χ4n) is 3.21. The normalized spacial score (nSPS) is 16.3. The van der Waals surface area contributed by atoms with Crippen LogP contribution in [0.1, 0.15) is 35.8 Å². The third kappa shape index (κ3) is 6.12. The van der Waals surface area contributed by atoms with E-state index in [2.05, 4.69) is 20.1 Å². The van der Waals surface area contributed by atoms with Gasteiger partial charge in [0.15, 0.2) is 5.69 Å². The second-order valence-corrected chi connectivity index (χ2v) is 7.80. The first-order valence-corrected chi connectivity index (χ1v) is 9.43. The molecule has 1 amide bonds. The lowest BCUT2D eigenvalue weighted by molar-refractivity contribution is 0.0156. The van der Waals surface area contributed by atoms with E-state index in [9.17, 15) is 14.3 Å². The van der Waals surface area contributed by atoms with E-state index in [4.69, 9.17) is 4.42 Å². The van der Waals surface area contributed by atoms with Gasteiger partial charge in [-0.15, -0.1) is 0 Å². The number of carbonyl (C=O) groups excluding carboxylic acids is 1. The van der Waals surface area contributed by atoms with Gasteiger partial charge in [0.1, 0.15) is 12.1 Å². The molecule has 0 bridgehead atoms. The van der Waals surface area contributed by atoms with Crippen molar-refractivity contribution in [3.05, 3.63) is 53.5 Å². The molecule has 1 saturated heterocycles. The minimum atomic E-state index is -0.694. The molecule has 0 saturated carbocycles. The molecule has 28 heavy (non-hydrogen) atoms. The Morgan fingerprint density at radius 2 is 1.86 bits per heavy atom. The van der Waals surface area contributed by atoms with Gasteiger partial charge in [-0.1, -0.05) is 12.1 Å². The summed E-state index contributed by atoms with van der Waals surface area (Å²) in [6, 6.07) is 5.97. The summed E-state index contributed by atoms with van der Waals surface area (Å²) in [6.07, 6.45) is 1.36. The summed E-state index contributed by atoms with van der Waals surface area (Å²) in [5.74, 6) is -0.130. The third-order valence-electron chi connectivity index (χ3n) is 4.59. The maximum absolute atomic E-state index is 12.9. The molecule has 8 heteroatoms. The van der Waals surface area contributed by atoms with Gasteiger partial charge in [-0.2, -0.15) is 0 Å². The monoisotopic (exact) mass is 390 g/mol. The van der Waals surface area contributed by atoms with E-state index in [1.54, 1.807) is 12.1 Å². The SMILES string of the molecule is CC(C)(O)CN1CCN(Cc2nc(C(=O)NCc3ccc(F)cc3)co2)CC1. The molecular formula is C20H27FN4O3. The van der Waals surface area contributed by atoms with E-state index in [0.717, 1.165) is 31.7 Å². The minimum Gasteiger partial charge on any atom is -0.447 e. The predicted molar refractivity (Wildman–Crippen MR) is 102 cm³/mol. The third-order valence-corrected chi connectivity index (χ3v) is 4.59. The average molecular weight is 390 g/mol. The summed E-state index contributed by atoms with van der Waals surface area (Å²) >= 11 is 0. The number of hydrogen-bond acceptors (Lipinski definition) is 6. The number of nitrogens with one attached hydrogen (secondary N) is 1. The van der Waals surface area contributed by atoms with Crippen LogP contribution in [0, 0.1) is 5.82 Å². The smallest absolute Gasteiger partial charge is 0.273 e. The molecule has 0 atom stereocenters. The maximum atomic E-state index is 12.9. The number of halogens is 1. The molecule has 0 unspecified atom stereocenters. The lowest BCUT2D eigenvalue weighted by Gasteiger charge is -2.36. The zero-order valence-electron chi connectivity index (χ0n) is 16.3. The number of amides is 1. The molecule has 1 aliphatic heterocycles. The van der Waals surface area contributed by atoms with Crippen molar-refractivity contribution in [1.82, 2.24) is 20.1 Å². The van der Waals surface area contributed by atoms with Gasteiger partial charge in [0, 0.05) is 39.3 Å². The van der Waals surface area contributed by atoms with Crippen molar-refractivity contribution in [3.8, 4) is 0 Å². The van der Waals surface area contributed by atoms with Crippen LogP contribution < -0.4 is 5.32 Å². The van der Waals surface area contributed by atoms with E-state index in [1.165, 1.54) is 18.4 Å². The van der Waals surface area contributed by atoms with Crippen LogP contribution in [0.3, 0.4) is 0 Å². The summed E-state index contributed by atoms with van der Waals surface area (Å²) in [4.78, 5) is 20.9. The van der Waals surface area contributed by atoms with E-state index < -0.39 is 5.60 Å². The van der Waals surface area contributed by atoms with Gasteiger partial charge in [-0.3, -0.25) is 14.6 Å². The Balaban J connectivity index is 1.45. The fraction of sp³-hybridized carbons (Fsp3) is 0.500. The van der Waals surface area contributed by atoms with E-state index >= 15 is 0 Å². The zero-order chi connectivity index (χ0) is 20.1. The Morgan fingerprint density at radius 1 is 1.21 bits per heavy atom. The van der Waals surface area contributed by atoms with Gasteiger partial charge in [0.25, 0.3) is 5.91 Å². The van der Waals surface area contributed by atoms with Crippen molar-refractivity contribution < 1.29 is 18.7 Å². The van der Waals surface area contributed by atoms with Crippen LogP contribution in [0.4, 0.5) is 4.39 Å². The molecule has 2 aromatic rings. The topological polar surface area (TPSA) is 81.8 Å². The summed E-state index contributed by atoms with van der Waals surface area (Å²) in [6.45, 7) is 8.56. The first-order chi connectivity index (χ1) is 13.3. The molecule has 7 nitrogen and oxygen atoms in total. The molecular weight excluding hydrogens is 363 g/mol. The molecule has 2 heterocycles. The second-order valence-electron chi connectivity index (χ2n) is 7.80. The highest BCUT2D eigenvalue weighted by Crippen LogP contribution is 2.12. The lowest BCUT2D eigenvalue weighted by Crippen LogP contribution is -2.50. The average Bonchev–Trinajstić information content (AvgIpc) is 3.10. The number of hydrogen-bond donors (Lipinski definition) is 2. The summed E-state index contributed by atoms with van der Waals surface area (Å²) in [5, 5.41) is 12.7. The van der Waals surface area contributed by atoms with Gasteiger partial charge in [0.05, 0.1) is 12.1 Å². The number of aliphatic hydroxyl groups is 1. The summed E-state index contributed by atoms with van der Waals surface area (Å²) < 4.78 is 18.4. The van der Waals surface area contributed by atoms with E-state index in [1.807, 2.05) is 13.8 Å². The van der Waals surface area contributed by atoms with Gasteiger partial charge in [0.2, 0.25) is 5.89 Å². The number of nitrogens with zero attached hydrogens (tertiary/aromatic N) is 3. The Bertz CT molecular complexity index is 777. The standard InChI is InChI=1S/C20H27FN4O3/c1-20(2,27)14-25-9-7-24(8-10-25)12-18-23-17(13-28-18)19(26)22-11-15-3-5-16(21)6-4-15/h3-6,13,27H,7-12,14H2,1-2H3,(H,22,26). The van der Waals surface area contributed by atoms with Crippen molar-refractivity contribution in [1.29, 1.82) is 0 Å². The maximum Gasteiger partial charge on any atom is 0.273 e. The van der Waals surface area contributed by atoms with Crippen LogP contribution in [0.5, 0.6) is 0 Å². The number of carbonyl (C=O) groups is 1. The molecule has 1 fully saturated rings. The Hall–Kier alpha value is -2.29. The lowest BCUT2D eigenvalue weighted by atomic mass is 10.1. The van der Waals surface area contributed by atoms with Gasteiger partial charge < -0.3 is 14.8 Å². The van der Waals surface area contributed by atoms with Crippen LogP contribution in [0.25, 0.3) is 0 Å². The van der Waals surface area contributed by atoms with Gasteiger partial charge in [-0.25, -0.2) is 9.37 Å². The number of benzene rings is 1. The highest BCUT2D eigenvalue weighted by atomic mass is 19.1. The number of aromatic nitrogens is 1. The van der Waals surface area contributed by atoms with Gasteiger partial charge in [-0.05, 0) is 31.5 Å². The molecule has 2 N–H and O–H groups in total. The number of β-amino-alcohol motifs (C(OH)–C–C–N with tert-alkyl or cyclic N) is 1. The van der Waals surface area contributed by atoms with E-state index in [-0.39, 0.29) is 17.4 Å². The molecule has 0 radical (unpaired) electrons. The fourth-order valence-corrected chi connectivity index (χ4v) is 3.21. The Kier molecular flexibility index (Phi) is 6.43. The van der Waals surface area contributed by atoms with Crippen LogP contribution in [0.15, 0.2) is 34.9 Å². The molecule has 0 spiro atoms. The summed E-state index contributed by atoms with van der Waals surface area (Å²) in [7, 11) is 0. The highest BCUT2D eigenvalue weighted by Gasteiger charge is 2.23.